The summed E-state index contributed by atoms with van der Waals surface area (Å²) >= 11 is 0. The van der Waals surface area contributed by atoms with Crippen molar-refractivity contribution >= 4 is 12.4 Å². The SMILES string of the molecule is CCc1cccc(F)c1CN1CCC(N)C(C)(C)C1.Cl. The number of nitrogens with two attached hydrogens (primary N) is 1. The Balaban J connectivity index is 0.00000200. The maximum atomic E-state index is 14.0. The van der Waals surface area contributed by atoms with Crippen molar-refractivity contribution in [3.63, 3.8) is 0 Å². The molecule has 0 aromatic heterocycles. The highest BCUT2D eigenvalue weighted by molar-refractivity contribution is 5.85. The largest absolute Gasteiger partial charge is 0.327 e. The highest BCUT2D eigenvalue weighted by Gasteiger charge is 2.33. The summed E-state index contributed by atoms with van der Waals surface area (Å²) in [5.41, 5.74) is 8.24. The zero-order chi connectivity index (χ0) is 14.0. The summed E-state index contributed by atoms with van der Waals surface area (Å²) in [6.45, 7) is 9.08. The summed E-state index contributed by atoms with van der Waals surface area (Å²) in [5, 5.41) is 0. The number of likely N-dealkylation sites (tertiary alicyclic amines) is 1. The Morgan fingerprint density at radius 1 is 1.40 bits per heavy atom. The van der Waals surface area contributed by atoms with Crippen molar-refractivity contribution in [2.75, 3.05) is 13.1 Å². The predicted molar refractivity (Wildman–Crippen MR) is 84.7 cm³/mol. The topological polar surface area (TPSA) is 29.3 Å². The van der Waals surface area contributed by atoms with Crippen LogP contribution in [0.3, 0.4) is 0 Å². The highest BCUT2D eigenvalue weighted by atomic mass is 35.5. The molecule has 1 heterocycles. The van der Waals surface area contributed by atoms with E-state index in [1.165, 1.54) is 0 Å². The van der Waals surface area contributed by atoms with Gasteiger partial charge in [0.05, 0.1) is 0 Å². The van der Waals surface area contributed by atoms with Crippen LogP contribution in [0, 0.1) is 11.2 Å². The minimum Gasteiger partial charge on any atom is -0.327 e. The Hall–Kier alpha value is -0.640. The molecule has 0 amide bonds. The monoisotopic (exact) mass is 300 g/mol. The zero-order valence-corrected chi connectivity index (χ0v) is 13.5. The second kappa shape index (κ2) is 6.88. The number of hydrogen-bond acceptors (Lipinski definition) is 2. The van der Waals surface area contributed by atoms with Crippen LogP contribution < -0.4 is 5.73 Å². The molecule has 0 spiro atoms. The number of nitrogens with zero attached hydrogens (tertiary/aromatic N) is 1. The molecule has 1 aromatic rings. The summed E-state index contributed by atoms with van der Waals surface area (Å²) in [6, 6.07) is 5.64. The first-order chi connectivity index (χ1) is 8.94. The zero-order valence-electron chi connectivity index (χ0n) is 12.7. The molecule has 20 heavy (non-hydrogen) atoms. The first-order valence-electron chi connectivity index (χ1n) is 7.18. The van der Waals surface area contributed by atoms with E-state index < -0.39 is 0 Å². The summed E-state index contributed by atoms with van der Waals surface area (Å²) < 4.78 is 14.0. The fourth-order valence-corrected chi connectivity index (χ4v) is 2.96. The fraction of sp³-hybridized carbons (Fsp3) is 0.625. The quantitative estimate of drug-likeness (QED) is 0.927. The Morgan fingerprint density at radius 3 is 2.70 bits per heavy atom. The van der Waals surface area contributed by atoms with Gasteiger partial charge in [-0.25, -0.2) is 4.39 Å². The van der Waals surface area contributed by atoms with Gasteiger partial charge in [0.1, 0.15) is 5.82 Å². The number of benzene rings is 1. The van der Waals surface area contributed by atoms with Crippen LogP contribution in [0.25, 0.3) is 0 Å². The normalized spacial score (nSPS) is 22.4. The summed E-state index contributed by atoms with van der Waals surface area (Å²) in [7, 11) is 0. The number of piperidine rings is 1. The van der Waals surface area contributed by atoms with Crippen molar-refractivity contribution in [3.05, 3.63) is 35.1 Å². The third-order valence-electron chi connectivity index (χ3n) is 4.37. The molecular weight excluding hydrogens is 275 g/mol. The number of aryl methyl sites for hydroxylation is 1. The number of rotatable bonds is 3. The van der Waals surface area contributed by atoms with Gasteiger partial charge in [0.25, 0.3) is 0 Å². The van der Waals surface area contributed by atoms with Gasteiger partial charge in [-0.1, -0.05) is 32.9 Å². The molecule has 1 unspecified atom stereocenters. The van der Waals surface area contributed by atoms with Gasteiger partial charge in [-0.2, -0.15) is 0 Å². The van der Waals surface area contributed by atoms with E-state index in [0.29, 0.717) is 6.54 Å². The average molecular weight is 301 g/mol. The van der Waals surface area contributed by atoms with E-state index in [4.69, 9.17) is 5.73 Å². The van der Waals surface area contributed by atoms with E-state index in [0.717, 1.165) is 37.1 Å². The maximum absolute atomic E-state index is 14.0. The molecule has 1 fully saturated rings. The third-order valence-corrected chi connectivity index (χ3v) is 4.37. The Labute approximate surface area is 127 Å². The lowest BCUT2D eigenvalue weighted by atomic mass is 9.79. The van der Waals surface area contributed by atoms with E-state index in [9.17, 15) is 4.39 Å². The van der Waals surface area contributed by atoms with Crippen LogP contribution in [0.1, 0.15) is 38.3 Å². The van der Waals surface area contributed by atoms with E-state index in [-0.39, 0.29) is 29.7 Å². The second-order valence-electron chi connectivity index (χ2n) is 6.33. The van der Waals surface area contributed by atoms with E-state index >= 15 is 0 Å². The average Bonchev–Trinajstić information content (AvgIpc) is 2.36. The molecule has 1 saturated heterocycles. The maximum Gasteiger partial charge on any atom is 0.127 e. The molecule has 1 aliphatic rings. The van der Waals surface area contributed by atoms with Crippen LogP contribution in [0.4, 0.5) is 4.39 Å². The minimum atomic E-state index is -0.0768. The predicted octanol–water partition coefficient (Wildman–Crippen LogP) is 3.37. The molecule has 114 valence electrons. The Kier molecular flexibility index (Phi) is 5.99. The molecule has 1 aromatic carbocycles. The van der Waals surface area contributed by atoms with Crippen molar-refractivity contribution in [1.29, 1.82) is 0 Å². The molecule has 0 saturated carbocycles. The fourth-order valence-electron chi connectivity index (χ4n) is 2.96. The van der Waals surface area contributed by atoms with Crippen LogP contribution in [0.2, 0.25) is 0 Å². The van der Waals surface area contributed by atoms with Gasteiger partial charge >= 0.3 is 0 Å². The molecule has 1 atom stereocenters. The summed E-state index contributed by atoms with van der Waals surface area (Å²) in [5.74, 6) is -0.0768. The molecule has 0 radical (unpaired) electrons. The van der Waals surface area contributed by atoms with Gasteiger partial charge in [0, 0.05) is 31.2 Å². The molecule has 2 nitrogen and oxygen atoms in total. The van der Waals surface area contributed by atoms with Gasteiger partial charge in [0.2, 0.25) is 0 Å². The van der Waals surface area contributed by atoms with Crippen molar-refractivity contribution in [3.8, 4) is 0 Å². The standard InChI is InChI=1S/C16H25FN2.ClH/c1-4-12-6-5-7-14(17)13(12)10-19-9-8-15(18)16(2,3)11-19;/h5-7,15H,4,8-11,18H2,1-3H3;1H. The lowest BCUT2D eigenvalue weighted by Crippen LogP contribution is -2.52. The van der Waals surface area contributed by atoms with Crippen LogP contribution in [-0.2, 0) is 13.0 Å². The van der Waals surface area contributed by atoms with Gasteiger partial charge in [-0.15, -0.1) is 12.4 Å². The van der Waals surface area contributed by atoms with Crippen LogP contribution in [0.15, 0.2) is 18.2 Å². The summed E-state index contributed by atoms with van der Waals surface area (Å²) in [6.07, 6.45) is 1.87. The molecule has 2 N–H and O–H groups in total. The molecule has 4 heteroatoms. The van der Waals surface area contributed by atoms with E-state index in [1.807, 2.05) is 6.07 Å². The molecular formula is C16H26ClFN2. The van der Waals surface area contributed by atoms with Crippen molar-refractivity contribution < 1.29 is 4.39 Å². The van der Waals surface area contributed by atoms with Gasteiger partial charge in [-0.3, -0.25) is 4.90 Å². The van der Waals surface area contributed by atoms with E-state index in [2.05, 4.69) is 25.7 Å². The summed E-state index contributed by atoms with van der Waals surface area (Å²) in [4.78, 5) is 2.33. The minimum absolute atomic E-state index is 0. The van der Waals surface area contributed by atoms with Crippen LogP contribution in [0.5, 0.6) is 0 Å². The lowest BCUT2D eigenvalue weighted by Gasteiger charge is -2.42. The second-order valence-corrected chi connectivity index (χ2v) is 6.33. The van der Waals surface area contributed by atoms with Gasteiger partial charge < -0.3 is 5.73 Å². The first-order valence-corrected chi connectivity index (χ1v) is 7.18. The van der Waals surface area contributed by atoms with Gasteiger partial charge in [-0.05, 0) is 29.9 Å². The molecule has 2 rings (SSSR count). The Bertz CT molecular complexity index is 448. The van der Waals surface area contributed by atoms with Crippen LogP contribution in [-0.4, -0.2) is 24.0 Å². The van der Waals surface area contributed by atoms with Crippen molar-refractivity contribution in [2.24, 2.45) is 11.1 Å². The molecule has 0 aliphatic carbocycles. The van der Waals surface area contributed by atoms with Crippen LogP contribution >= 0.6 is 12.4 Å². The Morgan fingerprint density at radius 2 is 2.10 bits per heavy atom. The van der Waals surface area contributed by atoms with Gasteiger partial charge in [0.15, 0.2) is 0 Å². The van der Waals surface area contributed by atoms with Crippen molar-refractivity contribution in [2.45, 2.75) is 46.2 Å². The number of hydrogen-bond donors (Lipinski definition) is 1. The number of halogens is 2. The first kappa shape index (κ1) is 17.4. The molecule has 1 aliphatic heterocycles. The highest BCUT2D eigenvalue weighted by Crippen LogP contribution is 2.29. The van der Waals surface area contributed by atoms with E-state index in [1.54, 1.807) is 12.1 Å². The van der Waals surface area contributed by atoms with Crippen molar-refractivity contribution in [1.82, 2.24) is 4.90 Å². The smallest absolute Gasteiger partial charge is 0.127 e. The lowest BCUT2D eigenvalue weighted by molar-refractivity contribution is 0.0888. The third kappa shape index (κ3) is 3.72. The molecule has 0 bridgehead atoms.